The van der Waals surface area contributed by atoms with E-state index in [1.165, 1.54) is 14.2 Å². The molecule has 4 atom stereocenters. The first-order chi connectivity index (χ1) is 28.2. The van der Waals surface area contributed by atoms with Crippen molar-refractivity contribution in [3.05, 3.63) is 72.6 Å². The van der Waals surface area contributed by atoms with E-state index in [1.54, 1.807) is 11.1 Å². The molecule has 2 saturated heterocycles. The number of benzene rings is 2. The highest BCUT2D eigenvalue weighted by atomic mass is 28.3. The van der Waals surface area contributed by atoms with Crippen LogP contribution in [-0.2, 0) is 19.1 Å². The van der Waals surface area contributed by atoms with Crippen molar-refractivity contribution < 1.29 is 33.1 Å². The lowest BCUT2D eigenvalue weighted by Crippen LogP contribution is -2.52. The number of likely N-dealkylation sites (tertiary alicyclic amines) is 1. The maximum absolute atomic E-state index is 13.9. The molecule has 0 spiro atoms. The van der Waals surface area contributed by atoms with Crippen molar-refractivity contribution in [2.45, 2.75) is 83.8 Å². The normalized spacial score (nSPS) is 18.7. The molecule has 0 unspecified atom stereocenters. The molecule has 5 aromatic rings. The van der Waals surface area contributed by atoms with Crippen LogP contribution in [0.25, 0.3) is 44.8 Å². The first-order valence-electron chi connectivity index (χ1n) is 20.2. The Kier molecular flexibility index (Phi) is 11.7. The zero-order chi connectivity index (χ0) is 42.2. The number of aromatic amines is 2. The van der Waals surface area contributed by atoms with Gasteiger partial charge in [0.05, 0.1) is 58.2 Å². The fourth-order valence-electron chi connectivity index (χ4n) is 8.29. The summed E-state index contributed by atoms with van der Waals surface area (Å²) in [4.78, 5) is 71.6. The van der Waals surface area contributed by atoms with Gasteiger partial charge in [-0.3, -0.25) is 9.59 Å². The molecule has 4 N–H and O–H groups in total. The Hall–Kier alpha value is -5.90. The van der Waals surface area contributed by atoms with Crippen LogP contribution in [0, 0.1) is 11.8 Å². The molecule has 0 bridgehead atoms. The van der Waals surface area contributed by atoms with Crippen LogP contribution in [-0.4, -0.2) is 101 Å². The minimum absolute atomic E-state index is 0.113. The molecule has 5 heterocycles. The molecule has 0 saturated carbocycles. The molecule has 2 aliphatic rings. The molecule has 2 aromatic carbocycles. The zero-order valence-electron chi connectivity index (χ0n) is 34.9. The van der Waals surface area contributed by atoms with E-state index in [0.29, 0.717) is 18.5 Å². The van der Waals surface area contributed by atoms with E-state index in [0.717, 1.165) is 69.5 Å². The van der Waals surface area contributed by atoms with Gasteiger partial charge in [-0.1, -0.05) is 65.1 Å². The summed E-state index contributed by atoms with van der Waals surface area (Å²) < 4.78 is 15.9. The molecule has 0 radical (unpaired) electrons. The number of nitrogens with zero attached hydrogens (tertiary/aromatic N) is 4. The maximum Gasteiger partial charge on any atom is 0.407 e. The highest BCUT2D eigenvalue weighted by molar-refractivity contribution is 6.78. The molecule has 59 heavy (non-hydrogen) atoms. The first kappa shape index (κ1) is 41.3. The average Bonchev–Trinajstić information content (AvgIpc) is 4.07. The van der Waals surface area contributed by atoms with Gasteiger partial charge < -0.3 is 44.3 Å². The molecular formula is C43H54N8O7Si. The Morgan fingerprint density at radius 3 is 1.90 bits per heavy atom. The third-order valence-electron chi connectivity index (χ3n) is 11.5. The SMILES string of the molecule is COC(=O)N[C@H](C(=O)N1CCC[C@H]1c1ncc(-c2ccc(-c3cc4cc(-c5cnc([C@@H]6C[Si](C)(C)CN6C(=O)[C@@H](NC(=O)OC)C(C)C)[nH]5)ccc4o3)cc2)[nH]1)C(C)C. The number of imidazole rings is 2. The molecule has 7 rings (SSSR count). The fourth-order valence-corrected chi connectivity index (χ4v) is 11.2. The van der Waals surface area contributed by atoms with Crippen LogP contribution >= 0.6 is 0 Å². The van der Waals surface area contributed by atoms with Crippen LogP contribution in [0.2, 0.25) is 19.1 Å². The van der Waals surface area contributed by atoms with Crippen LogP contribution in [0.3, 0.4) is 0 Å². The minimum Gasteiger partial charge on any atom is -0.456 e. The third-order valence-corrected chi connectivity index (χ3v) is 14.1. The van der Waals surface area contributed by atoms with Crippen molar-refractivity contribution in [2.75, 3.05) is 26.9 Å². The molecule has 2 aliphatic heterocycles. The van der Waals surface area contributed by atoms with Gasteiger partial charge in [-0.15, -0.1) is 0 Å². The lowest BCUT2D eigenvalue weighted by atomic mass is 10.0. The van der Waals surface area contributed by atoms with Crippen LogP contribution in [0.1, 0.15) is 64.3 Å². The van der Waals surface area contributed by atoms with Gasteiger partial charge in [0.1, 0.15) is 35.1 Å². The number of ether oxygens (including phenoxy) is 2. The number of hydrogen-bond acceptors (Lipinski definition) is 9. The van der Waals surface area contributed by atoms with E-state index in [1.807, 2.05) is 81.3 Å². The topological polar surface area (TPSA) is 188 Å². The summed E-state index contributed by atoms with van der Waals surface area (Å²) in [5.41, 5.74) is 5.22. The Balaban J connectivity index is 1.05. The summed E-state index contributed by atoms with van der Waals surface area (Å²) in [5, 5.41) is 6.37. The first-order valence-corrected chi connectivity index (χ1v) is 23.6. The van der Waals surface area contributed by atoms with E-state index >= 15 is 0 Å². The predicted octanol–water partition coefficient (Wildman–Crippen LogP) is 7.44. The van der Waals surface area contributed by atoms with Crippen molar-refractivity contribution in [3.63, 3.8) is 0 Å². The van der Waals surface area contributed by atoms with Crippen molar-refractivity contribution in [3.8, 4) is 33.8 Å². The van der Waals surface area contributed by atoms with Crippen LogP contribution < -0.4 is 10.6 Å². The second-order valence-corrected chi connectivity index (χ2v) is 22.1. The van der Waals surface area contributed by atoms with E-state index in [-0.39, 0.29) is 35.7 Å². The van der Waals surface area contributed by atoms with Gasteiger partial charge in [0.25, 0.3) is 0 Å². The number of rotatable bonds is 11. The van der Waals surface area contributed by atoms with E-state index < -0.39 is 32.3 Å². The van der Waals surface area contributed by atoms with E-state index in [2.05, 4.69) is 44.7 Å². The molecular weight excluding hydrogens is 769 g/mol. The zero-order valence-corrected chi connectivity index (χ0v) is 35.9. The summed E-state index contributed by atoms with van der Waals surface area (Å²) in [7, 11) is 0.817. The number of hydrogen-bond donors (Lipinski definition) is 4. The van der Waals surface area contributed by atoms with Crippen LogP contribution in [0.5, 0.6) is 0 Å². The van der Waals surface area contributed by atoms with Gasteiger partial charge in [0.15, 0.2) is 0 Å². The molecule has 2 fully saturated rings. The number of methoxy groups -OCH3 is 2. The van der Waals surface area contributed by atoms with Crippen molar-refractivity contribution in [1.29, 1.82) is 0 Å². The van der Waals surface area contributed by atoms with E-state index in [9.17, 15) is 19.2 Å². The van der Waals surface area contributed by atoms with Gasteiger partial charge in [0, 0.05) is 29.2 Å². The largest absolute Gasteiger partial charge is 0.456 e. The number of carbonyl (C=O) groups excluding carboxylic acids is 4. The lowest BCUT2D eigenvalue weighted by molar-refractivity contribution is -0.136. The molecule has 312 valence electrons. The predicted molar refractivity (Wildman–Crippen MR) is 226 cm³/mol. The number of H-pyrrole nitrogens is 2. The van der Waals surface area contributed by atoms with Crippen molar-refractivity contribution >= 4 is 43.0 Å². The number of nitrogens with one attached hydrogen (secondary N) is 4. The second kappa shape index (κ2) is 16.8. The van der Waals surface area contributed by atoms with Gasteiger partial charge in [-0.25, -0.2) is 19.6 Å². The Labute approximate surface area is 344 Å². The minimum atomic E-state index is -1.77. The molecule has 15 nitrogen and oxygen atoms in total. The van der Waals surface area contributed by atoms with Crippen LogP contribution in [0.4, 0.5) is 9.59 Å². The maximum atomic E-state index is 13.9. The molecule has 16 heteroatoms. The van der Waals surface area contributed by atoms with Crippen molar-refractivity contribution in [2.24, 2.45) is 11.8 Å². The van der Waals surface area contributed by atoms with Crippen molar-refractivity contribution in [1.82, 2.24) is 40.4 Å². The standard InChI is InChI=1S/C43H54N8O7Si/c1-24(2)36(48-42(54)56-5)40(52)50-17-9-10-32(50)38-44-20-30(46-38)26-11-13-27(14-12-26)35-19-29-18-28(15-16-34(29)58-35)31-21-45-39(47-31)33-22-59(7,8)23-51(33)41(53)37(25(3)4)49-43(55)57-6/h11-16,18-21,24-25,32-33,36-37H,9-10,17,22-23H2,1-8H3,(H,44,46)(H,45,47)(H,48,54)(H,49,55)/t32-,33-,36-,37-/m0/s1. The number of amides is 4. The Morgan fingerprint density at radius 1 is 0.763 bits per heavy atom. The number of fused-ring (bicyclic) bond motifs is 1. The molecule has 0 aliphatic carbocycles. The second-order valence-electron chi connectivity index (χ2n) is 17.1. The van der Waals surface area contributed by atoms with Gasteiger partial charge >= 0.3 is 12.2 Å². The third kappa shape index (κ3) is 8.63. The highest BCUT2D eigenvalue weighted by Gasteiger charge is 2.46. The summed E-state index contributed by atoms with van der Waals surface area (Å²) >= 11 is 0. The van der Waals surface area contributed by atoms with E-state index in [4.69, 9.17) is 18.9 Å². The number of alkyl carbamates (subject to hydrolysis) is 2. The number of carbonyl (C=O) groups is 4. The Bertz CT molecular complexity index is 2330. The van der Waals surface area contributed by atoms with Gasteiger partial charge in [-0.2, -0.15) is 0 Å². The number of furan rings is 1. The summed E-state index contributed by atoms with van der Waals surface area (Å²) in [6.45, 7) is 12.7. The summed E-state index contributed by atoms with van der Waals surface area (Å²) in [5.74, 6) is 1.66. The highest BCUT2D eigenvalue weighted by Crippen LogP contribution is 2.39. The smallest absolute Gasteiger partial charge is 0.407 e. The fraction of sp³-hybridized carbons (Fsp3) is 0.442. The number of aromatic nitrogens is 4. The molecule has 3 aromatic heterocycles. The summed E-state index contributed by atoms with van der Waals surface area (Å²) in [6, 6.07) is 15.1. The molecule has 4 amide bonds. The summed E-state index contributed by atoms with van der Waals surface area (Å²) in [6.07, 6.45) is 4.63. The van der Waals surface area contributed by atoms with Gasteiger partial charge in [0.2, 0.25) is 11.8 Å². The average molecular weight is 823 g/mol. The lowest BCUT2D eigenvalue weighted by Gasteiger charge is -2.30. The van der Waals surface area contributed by atoms with Crippen LogP contribution in [0.15, 0.2) is 65.3 Å². The van der Waals surface area contributed by atoms with Gasteiger partial charge in [-0.05, 0) is 60.6 Å². The monoisotopic (exact) mass is 822 g/mol. The Morgan fingerprint density at radius 2 is 1.31 bits per heavy atom. The quantitative estimate of drug-likeness (QED) is 0.0983.